The predicted molar refractivity (Wildman–Crippen MR) is 89.4 cm³/mol. The van der Waals surface area contributed by atoms with Crippen LogP contribution in [0.15, 0.2) is 22.6 Å². The summed E-state index contributed by atoms with van der Waals surface area (Å²) in [6.07, 6.45) is 7.06. The normalized spacial score (nSPS) is 20.0. The Balaban J connectivity index is 1.30. The summed E-state index contributed by atoms with van der Waals surface area (Å²) >= 11 is 0. The van der Waals surface area contributed by atoms with E-state index in [2.05, 4.69) is 15.5 Å². The predicted octanol–water partition coefficient (Wildman–Crippen LogP) is 3.60. The first kappa shape index (κ1) is 16.2. The van der Waals surface area contributed by atoms with E-state index in [1.54, 1.807) is 12.1 Å². The molecule has 0 bridgehead atoms. The lowest BCUT2D eigenvalue weighted by Crippen LogP contribution is -2.27. The molecule has 1 amide bonds. The van der Waals surface area contributed by atoms with Gasteiger partial charge in [0.2, 0.25) is 17.7 Å². The van der Waals surface area contributed by atoms with Crippen LogP contribution in [0.25, 0.3) is 0 Å². The Morgan fingerprint density at radius 3 is 2.92 bits per heavy atom. The van der Waals surface area contributed by atoms with E-state index in [1.807, 2.05) is 0 Å². The van der Waals surface area contributed by atoms with Gasteiger partial charge in [0.05, 0.1) is 6.04 Å². The van der Waals surface area contributed by atoms with Crippen LogP contribution in [0.5, 0.6) is 0 Å². The van der Waals surface area contributed by atoms with E-state index >= 15 is 0 Å². The van der Waals surface area contributed by atoms with E-state index in [0.29, 0.717) is 24.7 Å². The lowest BCUT2D eigenvalue weighted by molar-refractivity contribution is -0.121. The zero-order chi connectivity index (χ0) is 17.2. The number of carbonyl (C=O) groups excluding carboxylic acids is 1. The summed E-state index contributed by atoms with van der Waals surface area (Å²) in [7, 11) is 0. The van der Waals surface area contributed by atoms with Crippen molar-refractivity contribution in [2.45, 2.75) is 63.3 Å². The lowest BCUT2D eigenvalue weighted by atomic mass is 10.1. The largest absolute Gasteiger partial charge is 0.425 e. The fourth-order valence-electron chi connectivity index (χ4n) is 3.93. The van der Waals surface area contributed by atoms with Gasteiger partial charge in [-0.1, -0.05) is 18.9 Å². The first-order valence-electron chi connectivity index (χ1n) is 9.09. The van der Waals surface area contributed by atoms with Gasteiger partial charge in [-0.15, -0.1) is 10.2 Å². The van der Waals surface area contributed by atoms with Gasteiger partial charge in [0.25, 0.3) is 0 Å². The van der Waals surface area contributed by atoms with E-state index in [4.69, 9.17) is 4.42 Å². The number of amides is 1. The highest BCUT2D eigenvalue weighted by atomic mass is 19.1. The van der Waals surface area contributed by atoms with Crippen LogP contribution in [-0.2, 0) is 17.6 Å². The molecule has 4 rings (SSSR count). The van der Waals surface area contributed by atoms with Gasteiger partial charge in [0.15, 0.2) is 0 Å². The van der Waals surface area contributed by atoms with Crippen molar-refractivity contribution in [2.75, 3.05) is 0 Å². The van der Waals surface area contributed by atoms with E-state index in [0.717, 1.165) is 42.7 Å². The van der Waals surface area contributed by atoms with Gasteiger partial charge in [-0.3, -0.25) is 4.79 Å². The minimum Gasteiger partial charge on any atom is -0.425 e. The number of carbonyl (C=O) groups is 1. The maximum Gasteiger partial charge on any atom is 0.220 e. The number of nitrogens with one attached hydrogen (secondary N) is 1. The average Bonchev–Trinajstić information content (AvgIpc) is 3.33. The van der Waals surface area contributed by atoms with E-state index in [-0.39, 0.29) is 17.8 Å². The van der Waals surface area contributed by atoms with Crippen LogP contribution >= 0.6 is 0 Å². The Morgan fingerprint density at radius 2 is 2.08 bits per heavy atom. The molecule has 1 atom stereocenters. The third kappa shape index (κ3) is 3.57. The van der Waals surface area contributed by atoms with Crippen molar-refractivity contribution in [3.8, 4) is 0 Å². The molecule has 1 saturated carbocycles. The van der Waals surface area contributed by atoms with Gasteiger partial charge in [0.1, 0.15) is 5.82 Å². The van der Waals surface area contributed by atoms with E-state index in [9.17, 15) is 9.18 Å². The summed E-state index contributed by atoms with van der Waals surface area (Å²) in [6.45, 7) is 0. The Morgan fingerprint density at radius 1 is 1.24 bits per heavy atom. The molecule has 6 heteroatoms. The van der Waals surface area contributed by atoms with Crippen molar-refractivity contribution < 1.29 is 13.6 Å². The minimum atomic E-state index is -0.222. The molecule has 132 valence electrons. The molecule has 0 radical (unpaired) electrons. The highest BCUT2D eigenvalue weighted by molar-refractivity contribution is 5.76. The van der Waals surface area contributed by atoms with Gasteiger partial charge in [-0.25, -0.2) is 4.39 Å². The lowest BCUT2D eigenvalue weighted by Gasteiger charge is -2.13. The molecule has 1 aromatic heterocycles. The Hall–Kier alpha value is -2.24. The van der Waals surface area contributed by atoms with E-state index < -0.39 is 0 Å². The fourth-order valence-corrected chi connectivity index (χ4v) is 3.93. The molecular formula is C19H22FN3O2. The summed E-state index contributed by atoms with van der Waals surface area (Å²) in [5.74, 6) is 1.39. The van der Waals surface area contributed by atoms with Crippen LogP contribution in [-0.4, -0.2) is 16.1 Å². The molecule has 1 heterocycles. The smallest absolute Gasteiger partial charge is 0.220 e. The summed E-state index contributed by atoms with van der Waals surface area (Å²) in [5.41, 5.74) is 2.01. The van der Waals surface area contributed by atoms with Crippen molar-refractivity contribution in [3.05, 3.63) is 46.9 Å². The van der Waals surface area contributed by atoms with Crippen molar-refractivity contribution >= 4 is 5.91 Å². The molecule has 25 heavy (non-hydrogen) atoms. The van der Waals surface area contributed by atoms with Crippen LogP contribution in [0.4, 0.5) is 4.39 Å². The van der Waals surface area contributed by atoms with Crippen LogP contribution in [0.3, 0.4) is 0 Å². The van der Waals surface area contributed by atoms with Gasteiger partial charge in [0, 0.05) is 18.8 Å². The second-order valence-electron chi connectivity index (χ2n) is 7.02. The number of aromatic nitrogens is 2. The number of benzene rings is 1. The van der Waals surface area contributed by atoms with Gasteiger partial charge in [-0.2, -0.15) is 0 Å². The summed E-state index contributed by atoms with van der Waals surface area (Å²) in [5, 5.41) is 11.2. The van der Waals surface area contributed by atoms with Crippen molar-refractivity contribution in [1.82, 2.24) is 15.5 Å². The number of nitrogens with zero attached hydrogens (tertiary/aromatic N) is 2. The Kier molecular flexibility index (Phi) is 4.51. The third-order valence-electron chi connectivity index (χ3n) is 5.27. The highest BCUT2D eigenvalue weighted by Crippen LogP contribution is 2.33. The zero-order valence-electron chi connectivity index (χ0n) is 14.1. The highest BCUT2D eigenvalue weighted by Gasteiger charge is 2.25. The molecule has 1 aromatic carbocycles. The van der Waals surface area contributed by atoms with Gasteiger partial charge < -0.3 is 9.73 Å². The van der Waals surface area contributed by atoms with Crippen LogP contribution in [0.1, 0.15) is 73.4 Å². The first-order valence-corrected chi connectivity index (χ1v) is 9.09. The molecule has 0 saturated heterocycles. The number of hydrogen-bond donors (Lipinski definition) is 1. The summed E-state index contributed by atoms with van der Waals surface area (Å²) < 4.78 is 19.0. The number of fused-ring (bicyclic) bond motifs is 1. The fraction of sp³-hybridized carbons (Fsp3) is 0.526. The molecular weight excluding hydrogens is 321 g/mol. The van der Waals surface area contributed by atoms with Crippen LogP contribution in [0, 0.1) is 5.82 Å². The maximum atomic E-state index is 13.3. The van der Waals surface area contributed by atoms with Crippen molar-refractivity contribution in [3.63, 3.8) is 0 Å². The van der Waals surface area contributed by atoms with Gasteiger partial charge >= 0.3 is 0 Å². The molecule has 0 aliphatic heterocycles. The molecule has 2 aliphatic carbocycles. The van der Waals surface area contributed by atoms with E-state index in [1.165, 1.54) is 18.9 Å². The molecule has 1 unspecified atom stereocenters. The monoisotopic (exact) mass is 343 g/mol. The Labute approximate surface area is 146 Å². The zero-order valence-corrected chi connectivity index (χ0v) is 14.1. The molecule has 0 spiro atoms. The van der Waals surface area contributed by atoms with Crippen LogP contribution in [0.2, 0.25) is 0 Å². The number of halogens is 1. The second-order valence-corrected chi connectivity index (χ2v) is 7.02. The third-order valence-corrected chi connectivity index (χ3v) is 5.27. The number of aryl methyl sites for hydroxylation is 2. The minimum absolute atomic E-state index is 0.0279. The molecule has 2 aromatic rings. The molecule has 5 nitrogen and oxygen atoms in total. The second kappa shape index (κ2) is 6.94. The number of hydrogen-bond acceptors (Lipinski definition) is 4. The average molecular weight is 343 g/mol. The first-order chi connectivity index (χ1) is 12.2. The molecule has 1 fully saturated rings. The maximum absolute atomic E-state index is 13.3. The quantitative estimate of drug-likeness (QED) is 0.900. The number of rotatable bonds is 5. The molecule has 2 aliphatic rings. The summed E-state index contributed by atoms with van der Waals surface area (Å²) in [6, 6.07) is 4.76. The van der Waals surface area contributed by atoms with Crippen LogP contribution < -0.4 is 5.32 Å². The summed E-state index contributed by atoms with van der Waals surface area (Å²) in [4.78, 5) is 12.2. The SMILES string of the molecule is O=C(CCc1nnc(C2CCCC2)o1)NC1CCc2cc(F)ccc21. The van der Waals surface area contributed by atoms with Gasteiger partial charge in [-0.05, 0) is 48.9 Å². The standard InChI is InChI=1S/C19H22FN3O2/c20-14-6-7-15-13(11-14)5-8-16(15)21-17(24)9-10-18-22-23-19(25-18)12-3-1-2-4-12/h6-7,11-12,16H,1-5,8-10H2,(H,21,24). The molecule has 1 N–H and O–H groups in total. The topological polar surface area (TPSA) is 68.0 Å². The Bertz CT molecular complexity index is 768. The van der Waals surface area contributed by atoms with Crippen molar-refractivity contribution in [1.29, 1.82) is 0 Å². The van der Waals surface area contributed by atoms with Crippen molar-refractivity contribution in [2.24, 2.45) is 0 Å².